The zero-order valence-corrected chi connectivity index (χ0v) is 16.2. The van der Waals surface area contributed by atoms with Crippen LogP contribution < -0.4 is 0 Å². The number of likely N-dealkylation sites (tertiary alicyclic amines) is 1. The summed E-state index contributed by atoms with van der Waals surface area (Å²) in [6.45, 7) is 2.88. The van der Waals surface area contributed by atoms with Crippen LogP contribution in [0, 0.1) is 0 Å². The van der Waals surface area contributed by atoms with Crippen LogP contribution in [-0.4, -0.2) is 33.5 Å². The molecule has 4 heteroatoms. The molecule has 1 aliphatic heterocycles. The summed E-state index contributed by atoms with van der Waals surface area (Å²) in [5.74, 6) is -0.741. The summed E-state index contributed by atoms with van der Waals surface area (Å²) in [6, 6.07) is 18.1. The Hall–Kier alpha value is -2.72. The van der Waals surface area contributed by atoms with Gasteiger partial charge in [0.1, 0.15) is 6.04 Å². The second kappa shape index (κ2) is 8.11. The largest absolute Gasteiger partial charge is 0.480 e. The number of carbonyl (C=O) groups is 1. The van der Waals surface area contributed by atoms with Gasteiger partial charge in [-0.2, -0.15) is 0 Å². The number of aryl methyl sites for hydroxylation is 1. The van der Waals surface area contributed by atoms with Crippen LogP contribution in [0.2, 0.25) is 0 Å². The molecule has 0 amide bonds. The first-order valence-corrected chi connectivity index (χ1v) is 10.1. The normalized spacial score (nSPS) is 18.8. The van der Waals surface area contributed by atoms with Crippen molar-refractivity contribution in [2.45, 2.75) is 44.7 Å². The van der Waals surface area contributed by atoms with Gasteiger partial charge >= 0.3 is 5.97 Å². The third kappa shape index (κ3) is 3.52. The second-order valence-electron chi connectivity index (χ2n) is 7.50. The van der Waals surface area contributed by atoms with Gasteiger partial charge in [0.15, 0.2) is 0 Å². The zero-order valence-electron chi connectivity index (χ0n) is 16.2. The van der Waals surface area contributed by atoms with E-state index in [1.807, 2.05) is 18.3 Å². The first-order valence-electron chi connectivity index (χ1n) is 10.1. The number of aromatic nitrogens is 1. The molecule has 0 saturated carbocycles. The molecule has 0 aliphatic carbocycles. The van der Waals surface area contributed by atoms with Gasteiger partial charge < -0.3 is 5.11 Å². The molecule has 0 spiro atoms. The van der Waals surface area contributed by atoms with E-state index in [1.165, 1.54) is 10.9 Å². The number of carboxylic acids is 1. The van der Waals surface area contributed by atoms with Crippen LogP contribution in [0.4, 0.5) is 0 Å². The molecule has 144 valence electrons. The molecule has 1 fully saturated rings. The molecule has 1 N–H and O–H groups in total. The van der Waals surface area contributed by atoms with Gasteiger partial charge in [-0.25, -0.2) is 0 Å². The predicted molar refractivity (Wildman–Crippen MR) is 111 cm³/mol. The standard InChI is InChI=1S/C24H26N2O2/c1-2-17-13-14-21(25-16-17)23(26-15-6-5-12-22(26)24(27)28)20-11-7-9-18-8-3-4-10-19(18)20/h3-4,7-11,13-14,16,22-23H,2,5-6,12,15H2,1H3,(H,27,28). The van der Waals surface area contributed by atoms with E-state index in [0.717, 1.165) is 42.5 Å². The predicted octanol–water partition coefficient (Wildman–Crippen LogP) is 4.83. The van der Waals surface area contributed by atoms with Crippen LogP contribution in [0.25, 0.3) is 10.8 Å². The van der Waals surface area contributed by atoms with E-state index < -0.39 is 12.0 Å². The minimum absolute atomic E-state index is 0.168. The van der Waals surface area contributed by atoms with Crippen molar-refractivity contribution in [1.29, 1.82) is 0 Å². The summed E-state index contributed by atoms with van der Waals surface area (Å²) in [5.41, 5.74) is 3.23. The van der Waals surface area contributed by atoms with E-state index in [2.05, 4.69) is 54.3 Å². The van der Waals surface area contributed by atoms with Gasteiger partial charge in [0.25, 0.3) is 0 Å². The lowest BCUT2D eigenvalue weighted by molar-refractivity contribution is -0.145. The highest BCUT2D eigenvalue weighted by Gasteiger charge is 2.36. The van der Waals surface area contributed by atoms with Crippen molar-refractivity contribution in [2.24, 2.45) is 0 Å². The molecule has 2 unspecified atom stereocenters. The van der Waals surface area contributed by atoms with Gasteiger partial charge in [-0.1, -0.05) is 61.9 Å². The third-order valence-electron chi connectivity index (χ3n) is 5.81. The molecule has 2 atom stereocenters. The number of nitrogens with zero attached hydrogens (tertiary/aromatic N) is 2. The first kappa shape index (κ1) is 18.6. The van der Waals surface area contributed by atoms with E-state index in [1.54, 1.807) is 0 Å². The molecule has 3 aromatic rings. The lowest BCUT2D eigenvalue weighted by atomic mass is 9.91. The number of carboxylic acid groups (broad SMARTS) is 1. The Balaban J connectivity index is 1.88. The summed E-state index contributed by atoms with van der Waals surface area (Å²) in [7, 11) is 0. The fourth-order valence-corrected chi connectivity index (χ4v) is 4.33. The number of pyridine rings is 1. The Morgan fingerprint density at radius 3 is 2.71 bits per heavy atom. The number of aliphatic carboxylic acids is 1. The van der Waals surface area contributed by atoms with E-state index in [-0.39, 0.29) is 6.04 Å². The van der Waals surface area contributed by atoms with Crippen LogP contribution in [0.3, 0.4) is 0 Å². The summed E-state index contributed by atoms with van der Waals surface area (Å²) >= 11 is 0. The van der Waals surface area contributed by atoms with Crippen LogP contribution in [0.5, 0.6) is 0 Å². The smallest absolute Gasteiger partial charge is 0.320 e. The summed E-state index contributed by atoms with van der Waals surface area (Å²) < 4.78 is 0. The molecule has 0 radical (unpaired) electrons. The lowest BCUT2D eigenvalue weighted by Crippen LogP contribution is -2.47. The highest BCUT2D eigenvalue weighted by molar-refractivity contribution is 5.86. The summed E-state index contributed by atoms with van der Waals surface area (Å²) in [4.78, 5) is 18.9. The Bertz CT molecular complexity index is 963. The van der Waals surface area contributed by atoms with Crippen molar-refractivity contribution >= 4 is 16.7 Å². The maximum Gasteiger partial charge on any atom is 0.320 e. The number of rotatable bonds is 5. The number of hydrogen-bond donors (Lipinski definition) is 1. The van der Waals surface area contributed by atoms with E-state index >= 15 is 0 Å². The lowest BCUT2D eigenvalue weighted by Gasteiger charge is -2.39. The van der Waals surface area contributed by atoms with Crippen LogP contribution in [0.15, 0.2) is 60.8 Å². The van der Waals surface area contributed by atoms with Gasteiger partial charge in [0, 0.05) is 6.20 Å². The number of hydrogen-bond acceptors (Lipinski definition) is 3. The van der Waals surface area contributed by atoms with Crippen molar-refractivity contribution in [3.8, 4) is 0 Å². The van der Waals surface area contributed by atoms with Crippen LogP contribution >= 0.6 is 0 Å². The number of benzene rings is 2. The minimum atomic E-state index is -0.741. The highest BCUT2D eigenvalue weighted by Crippen LogP contribution is 2.36. The van der Waals surface area contributed by atoms with Crippen molar-refractivity contribution in [1.82, 2.24) is 9.88 Å². The van der Waals surface area contributed by atoms with Crippen molar-refractivity contribution in [3.05, 3.63) is 77.6 Å². The molecule has 0 bridgehead atoms. The Kier molecular flexibility index (Phi) is 5.40. The second-order valence-corrected chi connectivity index (χ2v) is 7.50. The third-order valence-corrected chi connectivity index (χ3v) is 5.81. The maximum atomic E-state index is 12.0. The van der Waals surface area contributed by atoms with Gasteiger partial charge in [-0.05, 0) is 53.8 Å². The van der Waals surface area contributed by atoms with E-state index in [9.17, 15) is 9.90 Å². The van der Waals surface area contributed by atoms with Gasteiger partial charge in [0.05, 0.1) is 11.7 Å². The molecule has 28 heavy (non-hydrogen) atoms. The van der Waals surface area contributed by atoms with Crippen molar-refractivity contribution in [3.63, 3.8) is 0 Å². The Morgan fingerprint density at radius 1 is 1.14 bits per heavy atom. The molecule has 1 aliphatic rings. The van der Waals surface area contributed by atoms with Crippen LogP contribution in [-0.2, 0) is 11.2 Å². The van der Waals surface area contributed by atoms with Crippen LogP contribution in [0.1, 0.15) is 49.0 Å². The number of fused-ring (bicyclic) bond motifs is 1. The summed E-state index contributed by atoms with van der Waals surface area (Å²) in [5, 5.41) is 12.2. The molecule has 2 aromatic carbocycles. The molecular weight excluding hydrogens is 348 g/mol. The molecule has 4 rings (SSSR count). The van der Waals surface area contributed by atoms with E-state index in [4.69, 9.17) is 4.98 Å². The average Bonchev–Trinajstić information content (AvgIpc) is 2.75. The quantitative estimate of drug-likeness (QED) is 0.695. The fourth-order valence-electron chi connectivity index (χ4n) is 4.33. The minimum Gasteiger partial charge on any atom is -0.480 e. The summed E-state index contributed by atoms with van der Waals surface area (Å²) in [6.07, 6.45) is 5.51. The van der Waals surface area contributed by atoms with Gasteiger partial charge in [-0.3, -0.25) is 14.7 Å². The maximum absolute atomic E-state index is 12.0. The Morgan fingerprint density at radius 2 is 1.96 bits per heavy atom. The van der Waals surface area contributed by atoms with Crippen molar-refractivity contribution in [2.75, 3.05) is 6.54 Å². The SMILES string of the molecule is CCc1ccc(C(c2cccc3ccccc23)N2CCCCC2C(=O)O)nc1. The topological polar surface area (TPSA) is 53.4 Å². The van der Waals surface area contributed by atoms with Gasteiger partial charge in [0.2, 0.25) is 0 Å². The monoisotopic (exact) mass is 374 g/mol. The molecule has 2 heterocycles. The highest BCUT2D eigenvalue weighted by atomic mass is 16.4. The zero-order chi connectivity index (χ0) is 19.5. The molecule has 1 saturated heterocycles. The van der Waals surface area contributed by atoms with Crippen molar-refractivity contribution < 1.29 is 9.90 Å². The molecular formula is C24H26N2O2. The van der Waals surface area contributed by atoms with Gasteiger partial charge in [-0.15, -0.1) is 0 Å². The average molecular weight is 374 g/mol. The molecule has 1 aromatic heterocycles. The van der Waals surface area contributed by atoms with E-state index in [0.29, 0.717) is 6.42 Å². The first-order chi connectivity index (χ1) is 13.7. The molecule has 4 nitrogen and oxygen atoms in total. The Labute approximate surface area is 165 Å². The number of piperidine rings is 1. The fraction of sp³-hybridized carbons (Fsp3) is 0.333.